The number of aromatic carboxylic acids is 1. The van der Waals surface area contributed by atoms with Crippen molar-refractivity contribution < 1.29 is 14.7 Å². The van der Waals surface area contributed by atoms with Crippen molar-refractivity contribution in [2.24, 2.45) is 0 Å². The summed E-state index contributed by atoms with van der Waals surface area (Å²) < 4.78 is 0. The lowest BCUT2D eigenvalue weighted by atomic mass is 10.1. The third-order valence-electron chi connectivity index (χ3n) is 2.48. The lowest BCUT2D eigenvalue weighted by Crippen LogP contribution is -2.16. The van der Waals surface area contributed by atoms with Crippen LogP contribution in [0.3, 0.4) is 0 Å². The highest BCUT2D eigenvalue weighted by atomic mass is 35.5. The quantitative estimate of drug-likeness (QED) is 0.804. The number of benzene rings is 1. The van der Waals surface area contributed by atoms with Crippen molar-refractivity contribution in [2.45, 2.75) is 0 Å². The maximum atomic E-state index is 12.0. The minimum absolute atomic E-state index is 0.0572. The zero-order valence-electron chi connectivity index (χ0n) is 10.1. The van der Waals surface area contributed by atoms with Crippen LogP contribution in [-0.4, -0.2) is 22.0 Å². The molecule has 20 heavy (non-hydrogen) atoms. The van der Waals surface area contributed by atoms with Crippen LogP contribution < -0.4 is 11.1 Å². The van der Waals surface area contributed by atoms with Crippen LogP contribution in [0.5, 0.6) is 0 Å². The highest BCUT2D eigenvalue weighted by Gasteiger charge is 2.14. The number of amides is 1. The lowest BCUT2D eigenvalue weighted by Gasteiger charge is -2.08. The van der Waals surface area contributed by atoms with Gasteiger partial charge in [-0.2, -0.15) is 0 Å². The topological polar surface area (TPSA) is 105 Å². The van der Waals surface area contributed by atoms with Crippen molar-refractivity contribution in [2.75, 3.05) is 11.1 Å². The molecular weight excluding hydrogens is 282 g/mol. The number of carbonyl (C=O) groups is 2. The molecule has 6 nitrogen and oxygen atoms in total. The highest BCUT2D eigenvalue weighted by molar-refractivity contribution is 6.31. The van der Waals surface area contributed by atoms with Crippen LogP contribution in [0.15, 0.2) is 36.5 Å². The molecule has 0 aliphatic rings. The summed E-state index contributed by atoms with van der Waals surface area (Å²) in [7, 11) is 0. The maximum Gasteiger partial charge on any atom is 0.337 e. The number of nitrogens with one attached hydrogen (secondary N) is 1. The van der Waals surface area contributed by atoms with Crippen LogP contribution in [0.4, 0.5) is 11.4 Å². The van der Waals surface area contributed by atoms with E-state index in [1.807, 2.05) is 0 Å². The Kier molecular flexibility index (Phi) is 3.86. The van der Waals surface area contributed by atoms with E-state index in [4.69, 9.17) is 22.4 Å². The number of hydrogen-bond acceptors (Lipinski definition) is 4. The van der Waals surface area contributed by atoms with E-state index in [1.54, 1.807) is 0 Å². The smallest absolute Gasteiger partial charge is 0.337 e. The number of carbonyl (C=O) groups excluding carboxylic acids is 1. The normalized spacial score (nSPS) is 10.1. The van der Waals surface area contributed by atoms with Crippen molar-refractivity contribution in [3.63, 3.8) is 0 Å². The molecule has 7 heteroatoms. The van der Waals surface area contributed by atoms with Gasteiger partial charge in [0.1, 0.15) is 5.69 Å². The first kappa shape index (κ1) is 13.8. The molecule has 0 saturated heterocycles. The highest BCUT2D eigenvalue weighted by Crippen LogP contribution is 2.21. The van der Waals surface area contributed by atoms with Crippen molar-refractivity contribution in [3.05, 3.63) is 52.8 Å². The summed E-state index contributed by atoms with van der Waals surface area (Å²) in [5.41, 5.74) is 6.07. The maximum absolute atomic E-state index is 12.0. The number of nitrogens with zero attached hydrogens (tertiary/aromatic N) is 1. The molecule has 0 saturated carbocycles. The summed E-state index contributed by atoms with van der Waals surface area (Å²) in [5, 5.41) is 11.8. The molecule has 4 N–H and O–H groups in total. The number of pyridine rings is 1. The molecule has 0 spiro atoms. The minimum atomic E-state index is -1.16. The van der Waals surface area contributed by atoms with Gasteiger partial charge in [0.25, 0.3) is 5.91 Å². The number of carboxylic acid groups (broad SMARTS) is 1. The molecule has 1 heterocycles. The van der Waals surface area contributed by atoms with Gasteiger partial charge in [-0.05, 0) is 30.3 Å². The van der Waals surface area contributed by atoms with Crippen LogP contribution in [0, 0.1) is 0 Å². The molecule has 0 fully saturated rings. The van der Waals surface area contributed by atoms with Gasteiger partial charge in [0.05, 0.1) is 23.1 Å². The second kappa shape index (κ2) is 5.58. The van der Waals surface area contributed by atoms with Gasteiger partial charge in [-0.15, -0.1) is 0 Å². The monoisotopic (exact) mass is 291 g/mol. The van der Waals surface area contributed by atoms with Gasteiger partial charge in [-0.25, -0.2) is 9.78 Å². The van der Waals surface area contributed by atoms with Gasteiger partial charge in [0.2, 0.25) is 0 Å². The number of nitrogens with two attached hydrogens (primary N) is 1. The van der Waals surface area contributed by atoms with E-state index in [0.29, 0.717) is 10.7 Å². The SMILES string of the molecule is Nc1ccc(C(=O)Nc2cc(Cl)ccc2C(=O)O)nc1. The zero-order chi connectivity index (χ0) is 14.7. The Balaban J connectivity index is 2.29. The molecule has 1 aromatic heterocycles. The fourth-order valence-corrected chi connectivity index (χ4v) is 1.70. The minimum Gasteiger partial charge on any atom is -0.478 e. The van der Waals surface area contributed by atoms with E-state index in [1.165, 1.54) is 36.5 Å². The van der Waals surface area contributed by atoms with Crippen molar-refractivity contribution in [3.8, 4) is 0 Å². The molecule has 0 aliphatic carbocycles. The van der Waals surface area contributed by atoms with Gasteiger partial charge in [-0.3, -0.25) is 4.79 Å². The number of rotatable bonds is 3. The largest absolute Gasteiger partial charge is 0.478 e. The first-order valence-electron chi connectivity index (χ1n) is 5.53. The third kappa shape index (κ3) is 3.04. The molecule has 0 aliphatic heterocycles. The molecule has 0 radical (unpaired) electrons. The van der Waals surface area contributed by atoms with E-state index < -0.39 is 11.9 Å². The number of carboxylic acids is 1. The Morgan fingerprint density at radius 1 is 1.25 bits per heavy atom. The number of halogens is 1. The van der Waals surface area contributed by atoms with Gasteiger partial charge in [0, 0.05) is 5.02 Å². The summed E-state index contributed by atoms with van der Waals surface area (Å²) in [6.45, 7) is 0. The zero-order valence-corrected chi connectivity index (χ0v) is 10.9. The standard InChI is InChI=1S/C13H10ClN3O3/c14-7-1-3-9(13(19)20)11(5-7)17-12(18)10-4-2-8(15)6-16-10/h1-6H,15H2,(H,17,18)(H,19,20). The number of aromatic nitrogens is 1. The predicted octanol–water partition coefficient (Wildman–Crippen LogP) is 2.27. The fraction of sp³-hybridized carbons (Fsp3) is 0. The Morgan fingerprint density at radius 2 is 2.00 bits per heavy atom. The molecule has 2 aromatic rings. The molecule has 0 bridgehead atoms. The predicted molar refractivity (Wildman–Crippen MR) is 75.0 cm³/mol. The van der Waals surface area contributed by atoms with E-state index >= 15 is 0 Å². The molecule has 0 atom stereocenters. The Bertz CT molecular complexity index is 671. The third-order valence-corrected chi connectivity index (χ3v) is 2.71. The fourth-order valence-electron chi connectivity index (χ4n) is 1.53. The van der Waals surface area contributed by atoms with Crippen LogP contribution in [0.25, 0.3) is 0 Å². The van der Waals surface area contributed by atoms with E-state index in [0.717, 1.165) is 0 Å². The van der Waals surface area contributed by atoms with Crippen molar-refractivity contribution >= 4 is 34.9 Å². The Labute approximate surface area is 119 Å². The Hall–Kier alpha value is -2.60. The first-order chi connectivity index (χ1) is 9.47. The summed E-state index contributed by atoms with van der Waals surface area (Å²) in [4.78, 5) is 26.9. The molecular formula is C13H10ClN3O3. The van der Waals surface area contributed by atoms with E-state index in [2.05, 4.69) is 10.3 Å². The van der Waals surface area contributed by atoms with Crippen LogP contribution >= 0.6 is 11.6 Å². The second-order valence-corrected chi connectivity index (χ2v) is 4.36. The van der Waals surface area contributed by atoms with E-state index in [9.17, 15) is 9.59 Å². The molecule has 1 aromatic carbocycles. The van der Waals surface area contributed by atoms with Crippen molar-refractivity contribution in [1.82, 2.24) is 4.98 Å². The number of nitrogen functional groups attached to an aromatic ring is 1. The summed E-state index contributed by atoms with van der Waals surface area (Å²) in [5.74, 6) is -1.71. The first-order valence-corrected chi connectivity index (χ1v) is 5.91. The average molecular weight is 292 g/mol. The van der Waals surface area contributed by atoms with Crippen LogP contribution in [0.1, 0.15) is 20.8 Å². The number of hydrogen-bond donors (Lipinski definition) is 3. The summed E-state index contributed by atoms with van der Waals surface area (Å²) in [6.07, 6.45) is 1.34. The molecule has 1 amide bonds. The van der Waals surface area contributed by atoms with Crippen LogP contribution in [-0.2, 0) is 0 Å². The lowest BCUT2D eigenvalue weighted by molar-refractivity contribution is 0.0698. The molecule has 102 valence electrons. The van der Waals surface area contributed by atoms with Gasteiger partial charge >= 0.3 is 5.97 Å². The summed E-state index contributed by atoms with van der Waals surface area (Å²) in [6, 6.07) is 7.08. The van der Waals surface area contributed by atoms with Crippen molar-refractivity contribution in [1.29, 1.82) is 0 Å². The Morgan fingerprint density at radius 3 is 2.60 bits per heavy atom. The number of anilines is 2. The summed E-state index contributed by atoms with van der Waals surface area (Å²) >= 11 is 5.80. The molecule has 0 unspecified atom stereocenters. The second-order valence-electron chi connectivity index (χ2n) is 3.93. The van der Waals surface area contributed by atoms with Crippen LogP contribution in [0.2, 0.25) is 5.02 Å². The molecule has 2 rings (SSSR count). The van der Waals surface area contributed by atoms with E-state index in [-0.39, 0.29) is 16.9 Å². The van der Waals surface area contributed by atoms with Gasteiger partial charge in [0.15, 0.2) is 0 Å². The van der Waals surface area contributed by atoms with Gasteiger partial charge in [-0.1, -0.05) is 11.6 Å². The van der Waals surface area contributed by atoms with Gasteiger partial charge < -0.3 is 16.2 Å². The average Bonchev–Trinajstić information content (AvgIpc) is 2.39.